The van der Waals surface area contributed by atoms with Gasteiger partial charge in [-0.1, -0.05) is 30.3 Å². The van der Waals surface area contributed by atoms with Crippen molar-refractivity contribution in [2.24, 2.45) is 5.84 Å². The third-order valence-electron chi connectivity index (χ3n) is 5.15. The van der Waals surface area contributed by atoms with E-state index in [0.717, 1.165) is 60.7 Å². The maximum absolute atomic E-state index is 6.26. The van der Waals surface area contributed by atoms with Crippen molar-refractivity contribution in [2.45, 2.75) is 25.7 Å². The summed E-state index contributed by atoms with van der Waals surface area (Å²) >= 11 is 0. The first-order chi connectivity index (χ1) is 14.8. The second-order valence-corrected chi connectivity index (χ2v) is 7.28. The largest absolute Gasteiger partial charge is 0.494 e. The first-order valence-electron chi connectivity index (χ1n) is 10.5. The Morgan fingerprint density at radius 2 is 1.73 bits per heavy atom. The van der Waals surface area contributed by atoms with Crippen molar-refractivity contribution in [1.29, 1.82) is 0 Å². The molecule has 1 aromatic heterocycles. The highest BCUT2D eigenvalue weighted by Crippen LogP contribution is 2.34. The summed E-state index contributed by atoms with van der Waals surface area (Å²) in [6.45, 7) is 2.17. The van der Waals surface area contributed by atoms with Crippen LogP contribution in [0.5, 0.6) is 11.5 Å². The van der Waals surface area contributed by atoms with Crippen LogP contribution in [-0.2, 0) is 0 Å². The zero-order valence-electron chi connectivity index (χ0n) is 17.1. The first-order valence-corrected chi connectivity index (χ1v) is 10.5. The highest BCUT2D eigenvalue weighted by atomic mass is 16.5. The van der Waals surface area contributed by atoms with E-state index in [1.54, 1.807) is 6.20 Å². The molecule has 1 fully saturated rings. The Bertz CT molecular complexity index is 954. The summed E-state index contributed by atoms with van der Waals surface area (Å²) in [4.78, 5) is 4.23. The third kappa shape index (κ3) is 4.83. The van der Waals surface area contributed by atoms with Gasteiger partial charge in [0, 0.05) is 24.5 Å². The Morgan fingerprint density at radius 3 is 2.47 bits per heavy atom. The van der Waals surface area contributed by atoms with E-state index in [1.165, 1.54) is 0 Å². The molecule has 156 valence electrons. The fourth-order valence-corrected chi connectivity index (χ4v) is 3.67. The topological polar surface area (TPSA) is 65.5 Å². The summed E-state index contributed by atoms with van der Waals surface area (Å²) in [6, 6.07) is 18.0. The van der Waals surface area contributed by atoms with Gasteiger partial charge in [0.2, 0.25) is 0 Å². The molecule has 2 N–H and O–H groups in total. The van der Waals surface area contributed by atoms with Crippen LogP contribution in [0.25, 0.3) is 5.70 Å². The van der Waals surface area contributed by atoms with Gasteiger partial charge in [-0.3, -0.25) is 0 Å². The summed E-state index contributed by atoms with van der Waals surface area (Å²) in [5, 5.41) is 1.84. The normalized spacial score (nSPS) is 15.3. The number of unbranched alkanes of at least 4 members (excludes halogenated alkanes) is 1. The van der Waals surface area contributed by atoms with Gasteiger partial charge in [-0.2, -0.15) is 0 Å². The predicted molar refractivity (Wildman–Crippen MR) is 118 cm³/mol. The monoisotopic (exact) mass is 404 g/mol. The second-order valence-electron chi connectivity index (χ2n) is 7.28. The van der Waals surface area contributed by atoms with E-state index in [-0.39, 0.29) is 0 Å². The maximum atomic E-state index is 6.26. The number of aromatic nitrogens is 2. The molecule has 3 aromatic rings. The second kappa shape index (κ2) is 9.98. The number of rotatable bonds is 9. The van der Waals surface area contributed by atoms with Gasteiger partial charge in [-0.25, -0.2) is 10.8 Å². The summed E-state index contributed by atoms with van der Waals surface area (Å²) in [6.07, 6.45) is 9.39. The van der Waals surface area contributed by atoms with Crippen LogP contribution in [0.4, 0.5) is 0 Å². The molecule has 0 atom stereocenters. The Morgan fingerprint density at radius 1 is 0.967 bits per heavy atom. The summed E-state index contributed by atoms with van der Waals surface area (Å²) in [5.41, 5.74) is 3.18. The highest BCUT2D eigenvalue weighted by molar-refractivity contribution is 5.73. The molecule has 4 rings (SSSR count). The van der Waals surface area contributed by atoms with Crippen molar-refractivity contribution in [3.8, 4) is 11.5 Å². The predicted octanol–water partition coefficient (Wildman–Crippen LogP) is 4.31. The molecule has 1 aliphatic heterocycles. The lowest BCUT2D eigenvalue weighted by atomic mass is 10.1. The van der Waals surface area contributed by atoms with E-state index in [2.05, 4.69) is 11.1 Å². The van der Waals surface area contributed by atoms with Crippen molar-refractivity contribution < 1.29 is 9.47 Å². The number of para-hydroxylation sites is 2. The van der Waals surface area contributed by atoms with Crippen LogP contribution in [0.2, 0.25) is 0 Å². The number of nitrogens with zero attached hydrogens (tertiary/aromatic N) is 3. The van der Waals surface area contributed by atoms with Gasteiger partial charge < -0.3 is 19.0 Å². The van der Waals surface area contributed by atoms with E-state index in [1.807, 2.05) is 70.6 Å². The zero-order chi connectivity index (χ0) is 20.6. The fraction of sp³-hybridized carbons (Fsp3) is 0.292. The molecular weight excluding hydrogens is 376 g/mol. The van der Waals surface area contributed by atoms with Crippen LogP contribution in [0.15, 0.2) is 79.0 Å². The lowest BCUT2D eigenvalue weighted by Gasteiger charge is -2.21. The maximum Gasteiger partial charge on any atom is 0.128 e. The van der Waals surface area contributed by atoms with Crippen LogP contribution in [-0.4, -0.2) is 34.3 Å². The van der Waals surface area contributed by atoms with Gasteiger partial charge in [0.05, 0.1) is 30.9 Å². The van der Waals surface area contributed by atoms with Gasteiger partial charge in [0.25, 0.3) is 0 Å². The zero-order valence-corrected chi connectivity index (χ0v) is 17.1. The molecule has 0 saturated carbocycles. The van der Waals surface area contributed by atoms with E-state index >= 15 is 0 Å². The average molecular weight is 405 g/mol. The number of hydrazine groups is 1. The number of allylic oxidation sites excluding steroid dienone is 1. The van der Waals surface area contributed by atoms with Crippen molar-refractivity contribution in [3.05, 3.63) is 84.6 Å². The Hall–Kier alpha value is -3.25. The number of imidazole rings is 1. The van der Waals surface area contributed by atoms with Gasteiger partial charge in [-0.05, 0) is 49.9 Å². The summed E-state index contributed by atoms with van der Waals surface area (Å²) < 4.78 is 14.0. The highest BCUT2D eigenvalue weighted by Gasteiger charge is 2.22. The molecule has 2 aromatic carbocycles. The minimum absolute atomic E-state index is 0.633. The van der Waals surface area contributed by atoms with E-state index in [4.69, 9.17) is 15.3 Å². The van der Waals surface area contributed by atoms with Gasteiger partial charge in [0.1, 0.15) is 11.5 Å². The third-order valence-corrected chi connectivity index (χ3v) is 5.15. The number of ether oxygens (including phenoxy) is 2. The van der Waals surface area contributed by atoms with Crippen LogP contribution < -0.4 is 15.3 Å². The van der Waals surface area contributed by atoms with Gasteiger partial charge in [-0.15, -0.1) is 0 Å². The van der Waals surface area contributed by atoms with E-state index in [0.29, 0.717) is 13.2 Å². The molecule has 0 radical (unpaired) electrons. The van der Waals surface area contributed by atoms with Crippen molar-refractivity contribution in [2.75, 3.05) is 19.8 Å². The molecule has 0 bridgehead atoms. The molecule has 0 spiro atoms. The van der Waals surface area contributed by atoms with Crippen LogP contribution in [0.1, 0.15) is 31.2 Å². The molecule has 6 nitrogen and oxygen atoms in total. The Balaban J connectivity index is 1.42. The van der Waals surface area contributed by atoms with Gasteiger partial charge >= 0.3 is 0 Å². The SMILES string of the molecule is NN1CCCC1=C(c1ccccc1OCCCCOc1ccccc1)n1ccnc1. The lowest BCUT2D eigenvalue weighted by molar-refractivity contribution is 0.266. The van der Waals surface area contributed by atoms with E-state index in [9.17, 15) is 0 Å². The van der Waals surface area contributed by atoms with Gasteiger partial charge in [0.15, 0.2) is 0 Å². The molecule has 30 heavy (non-hydrogen) atoms. The van der Waals surface area contributed by atoms with Crippen LogP contribution in [0, 0.1) is 0 Å². The Labute approximate surface area is 177 Å². The standard InChI is InChI=1S/C24H28N4O2/c25-28-15-8-12-22(28)24(27-16-14-26-19-27)21-11-4-5-13-23(21)30-18-7-6-17-29-20-9-2-1-3-10-20/h1-5,9-11,13-14,16,19H,6-8,12,15,17-18,25H2. The van der Waals surface area contributed by atoms with Crippen molar-refractivity contribution in [3.63, 3.8) is 0 Å². The summed E-state index contributed by atoms with van der Waals surface area (Å²) in [7, 11) is 0. The van der Waals surface area contributed by atoms with Crippen molar-refractivity contribution in [1.82, 2.24) is 14.6 Å². The smallest absolute Gasteiger partial charge is 0.128 e. The first kappa shape index (κ1) is 20.0. The number of hydrogen-bond donors (Lipinski definition) is 1. The minimum atomic E-state index is 0.633. The number of nitrogens with two attached hydrogens (primary N) is 1. The quantitative estimate of drug-likeness (QED) is 0.425. The average Bonchev–Trinajstić information content (AvgIpc) is 3.45. The molecule has 1 aliphatic rings. The molecule has 0 unspecified atom stereocenters. The molecular formula is C24H28N4O2. The number of hydrogen-bond acceptors (Lipinski definition) is 5. The molecule has 0 aliphatic carbocycles. The minimum Gasteiger partial charge on any atom is -0.494 e. The molecule has 1 saturated heterocycles. The molecule has 6 heteroatoms. The summed E-state index contributed by atoms with van der Waals surface area (Å²) in [5.74, 6) is 8.03. The van der Waals surface area contributed by atoms with Crippen LogP contribution in [0.3, 0.4) is 0 Å². The van der Waals surface area contributed by atoms with Crippen LogP contribution >= 0.6 is 0 Å². The van der Waals surface area contributed by atoms with Crippen molar-refractivity contribution >= 4 is 5.70 Å². The molecule has 2 heterocycles. The fourth-order valence-electron chi connectivity index (χ4n) is 3.67. The number of benzene rings is 2. The van der Waals surface area contributed by atoms with E-state index < -0.39 is 0 Å². The molecule has 0 amide bonds. The Kier molecular flexibility index (Phi) is 6.67. The lowest BCUT2D eigenvalue weighted by Crippen LogP contribution is -2.27.